The maximum atomic E-state index is 12.7. The molecule has 3 aliphatic heterocycles. The first-order chi connectivity index (χ1) is 12.6. The first-order valence-electron chi connectivity index (χ1n) is 9.23. The normalized spacial score (nSPS) is 44.1. The van der Waals surface area contributed by atoms with E-state index in [2.05, 4.69) is 0 Å². The quantitative estimate of drug-likeness (QED) is 0.245. The number of ether oxygens (including phenoxy) is 2. The molecule has 150 valence electrons. The Hall–Kier alpha value is -1.74. The van der Waals surface area contributed by atoms with Gasteiger partial charge in [0.25, 0.3) is 5.72 Å². The first-order valence-corrected chi connectivity index (χ1v) is 9.23. The third kappa shape index (κ3) is 3.00. The van der Waals surface area contributed by atoms with Crippen LogP contribution in [0.1, 0.15) is 26.7 Å². The van der Waals surface area contributed by atoms with E-state index in [1.54, 1.807) is 6.92 Å². The van der Waals surface area contributed by atoms with Crippen molar-refractivity contribution in [2.75, 3.05) is 33.4 Å². The minimum Gasteiger partial charge on any atom is -0.459 e. The van der Waals surface area contributed by atoms with Crippen LogP contribution in [0.4, 0.5) is 0 Å². The zero-order valence-corrected chi connectivity index (χ0v) is 16.0. The summed E-state index contributed by atoms with van der Waals surface area (Å²) < 4.78 is 11.2. The van der Waals surface area contributed by atoms with Crippen molar-refractivity contribution in [2.45, 2.75) is 44.1 Å². The van der Waals surface area contributed by atoms with Gasteiger partial charge in [0.2, 0.25) is 0 Å². The van der Waals surface area contributed by atoms with E-state index in [4.69, 9.17) is 9.47 Å². The van der Waals surface area contributed by atoms with Gasteiger partial charge in [-0.2, -0.15) is 0 Å². The third-order valence-electron chi connectivity index (χ3n) is 6.48. The molecule has 2 saturated heterocycles. The molecule has 0 aromatic heterocycles. The second-order valence-electron chi connectivity index (χ2n) is 8.18. The Labute approximate surface area is 158 Å². The van der Waals surface area contributed by atoms with Crippen LogP contribution in [0, 0.1) is 5.92 Å². The van der Waals surface area contributed by atoms with Gasteiger partial charge in [0, 0.05) is 12.0 Å². The SMILES string of the molecule is CC1C/C(=C\CO)C(=O)O[C@@H]2CC[N+]3(C)CC=C(COC(=O)[C@]1(C)O)[C@]23O. The highest BCUT2D eigenvalue weighted by Gasteiger charge is 2.65. The van der Waals surface area contributed by atoms with Crippen LogP contribution in [0.15, 0.2) is 23.3 Å². The number of rotatable bonds is 1. The zero-order chi connectivity index (χ0) is 20.0. The van der Waals surface area contributed by atoms with Gasteiger partial charge in [-0.1, -0.05) is 6.92 Å². The molecule has 0 amide bonds. The lowest BCUT2D eigenvalue weighted by atomic mass is 9.85. The molecule has 8 heteroatoms. The first kappa shape index (κ1) is 20.0. The fourth-order valence-electron chi connectivity index (χ4n) is 4.26. The Morgan fingerprint density at radius 2 is 2.07 bits per heavy atom. The van der Waals surface area contributed by atoms with Crippen LogP contribution >= 0.6 is 0 Å². The van der Waals surface area contributed by atoms with E-state index in [0.717, 1.165) is 0 Å². The van der Waals surface area contributed by atoms with E-state index < -0.39 is 35.3 Å². The molecule has 5 atom stereocenters. The Morgan fingerprint density at radius 3 is 2.74 bits per heavy atom. The van der Waals surface area contributed by atoms with Gasteiger partial charge in [0.05, 0.1) is 25.8 Å². The van der Waals surface area contributed by atoms with Gasteiger partial charge in [-0.15, -0.1) is 0 Å². The number of carbonyl (C=O) groups is 2. The molecule has 3 rings (SSSR count). The smallest absolute Gasteiger partial charge is 0.338 e. The van der Waals surface area contributed by atoms with E-state index in [0.29, 0.717) is 25.1 Å². The van der Waals surface area contributed by atoms with E-state index >= 15 is 0 Å². The van der Waals surface area contributed by atoms with Gasteiger partial charge < -0.3 is 24.8 Å². The van der Waals surface area contributed by atoms with Crippen molar-refractivity contribution in [2.24, 2.45) is 5.92 Å². The second kappa shape index (κ2) is 6.70. The van der Waals surface area contributed by atoms with Crippen LogP contribution in [-0.4, -0.2) is 82.5 Å². The standard InChI is InChI=1S/C19H28NO7/c1-12-10-13(6-9-21)16(22)27-15-5-8-20(3)7-4-14(19(15,20)25)11-26-17(23)18(12,2)24/h4,6,12,15,21,24-25H,5,7-11H2,1-3H3/q+1/b13-6+/t12?,15-,18-,19+,20?/m1/s1. The summed E-state index contributed by atoms with van der Waals surface area (Å²) in [5, 5.41) is 31.4. The summed E-state index contributed by atoms with van der Waals surface area (Å²) >= 11 is 0. The Bertz CT molecular complexity index is 713. The average Bonchev–Trinajstić information content (AvgIpc) is 3.00. The number of quaternary nitrogens is 1. The largest absolute Gasteiger partial charge is 0.459 e. The topological polar surface area (TPSA) is 113 Å². The van der Waals surface area contributed by atoms with Crippen LogP contribution in [0.5, 0.6) is 0 Å². The molecule has 0 aromatic carbocycles. The summed E-state index contributed by atoms with van der Waals surface area (Å²) in [5.74, 6) is -2.11. The lowest BCUT2D eigenvalue weighted by Gasteiger charge is -2.40. The summed E-state index contributed by atoms with van der Waals surface area (Å²) in [5.41, 5.74) is -2.67. The molecule has 0 aromatic rings. The number of hydrogen-bond donors (Lipinski definition) is 3. The fourth-order valence-corrected chi connectivity index (χ4v) is 4.26. The number of cyclic esters (lactones) is 1. The summed E-state index contributed by atoms with van der Waals surface area (Å²) in [4.78, 5) is 25.2. The van der Waals surface area contributed by atoms with Crippen molar-refractivity contribution in [1.29, 1.82) is 0 Å². The Kier molecular flexibility index (Phi) is 4.96. The number of carbonyl (C=O) groups excluding carboxylic acids is 2. The molecule has 2 unspecified atom stereocenters. The molecule has 0 radical (unpaired) electrons. The molecule has 8 nitrogen and oxygen atoms in total. The van der Waals surface area contributed by atoms with Gasteiger partial charge in [0.15, 0.2) is 11.7 Å². The predicted molar refractivity (Wildman–Crippen MR) is 94.0 cm³/mol. The lowest BCUT2D eigenvalue weighted by Crippen LogP contribution is -2.61. The molecule has 3 aliphatic rings. The van der Waals surface area contributed by atoms with Gasteiger partial charge in [-0.05, 0) is 31.4 Å². The zero-order valence-electron chi connectivity index (χ0n) is 16.0. The molecule has 0 aliphatic carbocycles. The molecule has 2 fully saturated rings. The average molecular weight is 382 g/mol. The molecule has 0 spiro atoms. The van der Waals surface area contributed by atoms with Crippen molar-refractivity contribution < 1.29 is 38.9 Å². The lowest BCUT2D eigenvalue weighted by molar-refractivity contribution is -0.955. The molecular weight excluding hydrogens is 354 g/mol. The van der Waals surface area contributed by atoms with Gasteiger partial charge in [-0.3, -0.25) is 4.48 Å². The van der Waals surface area contributed by atoms with Crippen LogP contribution in [-0.2, 0) is 19.1 Å². The van der Waals surface area contributed by atoms with E-state index in [1.165, 1.54) is 13.0 Å². The van der Waals surface area contributed by atoms with Crippen LogP contribution in [0.2, 0.25) is 0 Å². The predicted octanol–water partition coefficient (Wildman–Crippen LogP) is -0.370. The number of esters is 2. The van der Waals surface area contributed by atoms with Gasteiger partial charge in [-0.25, -0.2) is 9.59 Å². The monoisotopic (exact) mass is 382 g/mol. The van der Waals surface area contributed by atoms with Crippen LogP contribution in [0.3, 0.4) is 0 Å². The Morgan fingerprint density at radius 1 is 1.37 bits per heavy atom. The summed E-state index contributed by atoms with van der Waals surface area (Å²) in [6.45, 7) is 3.56. The van der Waals surface area contributed by atoms with E-state index in [9.17, 15) is 24.9 Å². The number of likely N-dealkylation sites (N-methyl/N-ethyl adjacent to an activating group) is 1. The third-order valence-corrected chi connectivity index (χ3v) is 6.48. The second-order valence-corrected chi connectivity index (χ2v) is 8.18. The minimum atomic E-state index is -1.83. The molecule has 0 saturated carbocycles. The van der Waals surface area contributed by atoms with Crippen molar-refractivity contribution in [1.82, 2.24) is 0 Å². The maximum absolute atomic E-state index is 12.7. The summed E-state index contributed by atoms with van der Waals surface area (Å²) in [7, 11) is 1.87. The van der Waals surface area contributed by atoms with Crippen molar-refractivity contribution in [3.05, 3.63) is 23.3 Å². The highest BCUT2D eigenvalue weighted by Crippen LogP contribution is 2.45. The highest BCUT2D eigenvalue weighted by atomic mass is 16.6. The molecule has 27 heavy (non-hydrogen) atoms. The van der Waals surface area contributed by atoms with E-state index in [-0.39, 0.29) is 29.7 Å². The van der Waals surface area contributed by atoms with Crippen LogP contribution < -0.4 is 0 Å². The van der Waals surface area contributed by atoms with Gasteiger partial charge >= 0.3 is 11.9 Å². The minimum absolute atomic E-state index is 0.0292. The number of hydrogen-bond acceptors (Lipinski definition) is 7. The van der Waals surface area contributed by atoms with Crippen molar-refractivity contribution in [3.63, 3.8) is 0 Å². The number of aliphatic hydroxyl groups excluding tert-OH is 1. The van der Waals surface area contributed by atoms with Crippen molar-refractivity contribution >= 4 is 11.9 Å². The van der Waals surface area contributed by atoms with Gasteiger partial charge in [0.1, 0.15) is 13.2 Å². The molecule has 3 heterocycles. The molecular formula is C19H28NO7+. The number of aliphatic hydroxyl groups is 3. The Balaban J connectivity index is 2.01. The fraction of sp³-hybridized carbons (Fsp3) is 0.684. The summed E-state index contributed by atoms with van der Waals surface area (Å²) in [6.07, 6.45) is 2.84. The summed E-state index contributed by atoms with van der Waals surface area (Å²) in [6, 6.07) is 0. The van der Waals surface area contributed by atoms with Crippen molar-refractivity contribution in [3.8, 4) is 0 Å². The highest BCUT2D eigenvalue weighted by molar-refractivity contribution is 5.89. The molecule has 3 N–H and O–H groups in total. The number of nitrogens with zero attached hydrogens (tertiary/aromatic N) is 1. The van der Waals surface area contributed by atoms with E-state index in [1.807, 2.05) is 13.1 Å². The van der Waals surface area contributed by atoms with Crippen LogP contribution in [0.25, 0.3) is 0 Å². The molecule has 0 bridgehead atoms. The maximum Gasteiger partial charge on any atom is 0.338 e.